The molecule has 0 aliphatic rings. The molecule has 0 amide bonds. The molecule has 3 rings (SSSR count). The summed E-state index contributed by atoms with van der Waals surface area (Å²) in [5, 5.41) is 5.19. The number of rotatable bonds is 3. The molecule has 3 aromatic rings. The molecule has 0 saturated carbocycles. The van der Waals surface area contributed by atoms with Gasteiger partial charge < -0.3 is 0 Å². The van der Waals surface area contributed by atoms with Crippen LogP contribution < -0.4 is 5.14 Å². The molecule has 0 aromatic heterocycles. The van der Waals surface area contributed by atoms with Gasteiger partial charge in [-0.3, -0.25) is 0 Å². The lowest BCUT2D eigenvalue weighted by molar-refractivity contribution is 0.507. The van der Waals surface area contributed by atoms with Gasteiger partial charge in [-0.1, -0.05) is 24.3 Å². The van der Waals surface area contributed by atoms with E-state index in [1.807, 2.05) is 0 Å². The average molecular weight is 381 g/mol. The maximum Gasteiger partial charge on any atom is 0.238 e. The van der Waals surface area contributed by atoms with Gasteiger partial charge in [0.25, 0.3) is 0 Å². The molecule has 0 saturated heterocycles. The maximum absolute atomic E-state index is 13.8. The Kier molecular flexibility index (Phi) is 4.55. The molecule has 26 heavy (non-hydrogen) atoms. The van der Waals surface area contributed by atoms with E-state index in [0.717, 1.165) is 24.3 Å². The Bertz CT molecular complexity index is 1110. The smallest absolute Gasteiger partial charge is 0.225 e. The van der Waals surface area contributed by atoms with Crippen LogP contribution in [0.3, 0.4) is 0 Å². The van der Waals surface area contributed by atoms with Gasteiger partial charge in [-0.2, -0.15) is 0 Å². The lowest BCUT2D eigenvalue weighted by atomic mass is 9.94. The molecule has 0 aliphatic heterocycles. The molecule has 3 aromatic carbocycles. The van der Waals surface area contributed by atoms with Crippen molar-refractivity contribution in [2.45, 2.75) is 4.90 Å². The number of primary sulfonamides is 1. The lowest BCUT2D eigenvalue weighted by Gasteiger charge is -2.14. The fourth-order valence-corrected chi connectivity index (χ4v) is 3.36. The average Bonchev–Trinajstić information content (AvgIpc) is 2.58. The van der Waals surface area contributed by atoms with Crippen LogP contribution in [0.15, 0.2) is 59.5 Å². The van der Waals surface area contributed by atoms with Crippen molar-refractivity contribution in [1.29, 1.82) is 0 Å². The summed E-state index contributed by atoms with van der Waals surface area (Å²) in [6.45, 7) is 0. The van der Waals surface area contributed by atoms with Crippen LogP contribution in [0.1, 0.15) is 0 Å². The largest absolute Gasteiger partial charge is 0.238 e. The van der Waals surface area contributed by atoms with E-state index in [0.29, 0.717) is 0 Å². The van der Waals surface area contributed by atoms with Gasteiger partial charge in [0.2, 0.25) is 10.0 Å². The number of hydrogen-bond acceptors (Lipinski definition) is 2. The van der Waals surface area contributed by atoms with Gasteiger partial charge in [0.1, 0.15) is 0 Å². The molecule has 0 aliphatic carbocycles. The van der Waals surface area contributed by atoms with E-state index in [9.17, 15) is 26.0 Å². The van der Waals surface area contributed by atoms with Gasteiger partial charge in [-0.15, -0.1) is 0 Å². The van der Waals surface area contributed by atoms with Gasteiger partial charge in [-0.05, 0) is 47.0 Å². The van der Waals surface area contributed by atoms with Gasteiger partial charge >= 0.3 is 0 Å². The van der Waals surface area contributed by atoms with Gasteiger partial charge in [0.05, 0.1) is 4.90 Å². The van der Waals surface area contributed by atoms with Crippen molar-refractivity contribution in [3.63, 3.8) is 0 Å². The van der Waals surface area contributed by atoms with Crippen LogP contribution in [0.25, 0.3) is 22.3 Å². The van der Waals surface area contributed by atoms with Crippen molar-refractivity contribution in [2.24, 2.45) is 5.14 Å². The normalized spacial score (nSPS) is 11.6. The quantitative estimate of drug-likeness (QED) is 0.691. The van der Waals surface area contributed by atoms with Gasteiger partial charge in [0, 0.05) is 5.56 Å². The second-order valence-electron chi connectivity index (χ2n) is 5.48. The molecular formula is C18H11F4NO2S. The molecule has 0 fully saturated rings. The Morgan fingerprint density at radius 2 is 1.23 bits per heavy atom. The minimum Gasteiger partial charge on any atom is -0.225 e. The molecule has 0 unspecified atom stereocenters. The third-order valence-electron chi connectivity index (χ3n) is 3.77. The molecule has 0 bridgehead atoms. The first kappa shape index (κ1) is 18.1. The molecule has 134 valence electrons. The summed E-state index contributed by atoms with van der Waals surface area (Å²) in [7, 11) is -4.17. The summed E-state index contributed by atoms with van der Waals surface area (Å²) in [4.78, 5) is -0.310. The van der Waals surface area contributed by atoms with Crippen LogP contribution in [0.5, 0.6) is 0 Å². The summed E-state index contributed by atoms with van der Waals surface area (Å²) in [6.07, 6.45) is 0. The predicted molar refractivity (Wildman–Crippen MR) is 88.5 cm³/mol. The highest BCUT2D eigenvalue weighted by Crippen LogP contribution is 2.37. The highest BCUT2D eigenvalue weighted by Gasteiger charge is 2.20. The van der Waals surface area contributed by atoms with Crippen LogP contribution in [0.2, 0.25) is 0 Å². The lowest BCUT2D eigenvalue weighted by Crippen LogP contribution is -2.13. The number of hydrogen-bond donors (Lipinski definition) is 1. The minimum absolute atomic E-state index is 0.00799. The summed E-state index contributed by atoms with van der Waals surface area (Å²) in [5.74, 6) is -4.74. The standard InChI is InChI=1S/C18H11F4NO2S/c19-14-6-5-10(7-15(14)20)12-8-16(21)17(22)9-13(12)11-3-1-2-4-18(11)26(23,24)25/h1-9H,(H2,23,24,25). The highest BCUT2D eigenvalue weighted by atomic mass is 32.2. The second kappa shape index (κ2) is 6.54. The topological polar surface area (TPSA) is 60.2 Å². The number of halogens is 4. The first-order chi connectivity index (χ1) is 12.2. The maximum atomic E-state index is 13.8. The molecule has 0 heterocycles. The van der Waals surface area contributed by atoms with Crippen LogP contribution in [0, 0.1) is 23.3 Å². The third kappa shape index (κ3) is 3.33. The summed E-state index contributed by atoms with van der Waals surface area (Å²) < 4.78 is 78.1. The van der Waals surface area contributed by atoms with E-state index in [1.54, 1.807) is 0 Å². The van der Waals surface area contributed by atoms with E-state index >= 15 is 0 Å². The SMILES string of the molecule is NS(=O)(=O)c1ccccc1-c1cc(F)c(F)cc1-c1ccc(F)c(F)c1. The molecule has 3 nitrogen and oxygen atoms in total. The number of nitrogens with two attached hydrogens (primary N) is 1. The van der Waals surface area contributed by atoms with Crippen LogP contribution >= 0.6 is 0 Å². The summed E-state index contributed by atoms with van der Waals surface area (Å²) >= 11 is 0. The zero-order valence-corrected chi connectivity index (χ0v) is 13.8. The summed E-state index contributed by atoms with van der Waals surface area (Å²) in [6, 6.07) is 9.87. The fraction of sp³-hybridized carbons (Fsp3) is 0. The van der Waals surface area contributed by atoms with E-state index in [-0.39, 0.29) is 27.1 Å². The molecule has 0 spiro atoms. The van der Waals surface area contributed by atoms with Crippen LogP contribution in [0.4, 0.5) is 17.6 Å². The van der Waals surface area contributed by atoms with Crippen molar-refractivity contribution >= 4 is 10.0 Å². The second-order valence-corrected chi connectivity index (χ2v) is 7.01. The van der Waals surface area contributed by atoms with E-state index in [1.165, 1.54) is 30.3 Å². The molecular weight excluding hydrogens is 370 g/mol. The highest BCUT2D eigenvalue weighted by molar-refractivity contribution is 7.89. The first-order valence-electron chi connectivity index (χ1n) is 7.25. The van der Waals surface area contributed by atoms with E-state index in [4.69, 9.17) is 5.14 Å². The third-order valence-corrected chi connectivity index (χ3v) is 4.74. The van der Waals surface area contributed by atoms with E-state index in [2.05, 4.69) is 0 Å². The predicted octanol–water partition coefficient (Wildman–Crippen LogP) is 4.22. The zero-order chi connectivity index (χ0) is 19.1. The van der Waals surface area contributed by atoms with Crippen molar-refractivity contribution in [3.8, 4) is 22.3 Å². The Morgan fingerprint density at radius 3 is 1.85 bits per heavy atom. The minimum atomic E-state index is -4.17. The van der Waals surface area contributed by atoms with Crippen molar-refractivity contribution in [1.82, 2.24) is 0 Å². The van der Waals surface area contributed by atoms with Crippen molar-refractivity contribution < 1.29 is 26.0 Å². The Balaban J connectivity index is 2.36. The van der Waals surface area contributed by atoms with Crippen molar-refractivity contribution in [2.75, 3.05) is 0 Å². The monoisotopic (exact) mass is 381 g/mol. The van der Waals surface area contributed by atoms with Gasteiger partial charge in [-0.25, -0.2) is 31.1 Å². The van der Waals surface area contributed by atoms with E-state index < -0.39 is 33.3 Å². The molecule has 0 atom stereocenters. The van der Waals surface area contributed by atoms with Crippen LogP contribution in [-0.2, 0) is 10.0 Å². The summed E-state index contributed by atoms with van der Waals surface area (Å²) in [5.41, 5.74) is 0.00842. The molecule has 0 radical (unpaired) electrons. The number of sulfonamides is 1. The Labute approximate surface area is 146 Å². The Hall–Kier alpha value is -2.71. The molecule has 8 heteroatoms. The van der Waals surface area contributed by atoms with Crippen molar-refractivity contribution in [3.05, 3.63) is 77.9 Å². The van der Waals surface area contributed by atoms with Crippen LogP contribution in [-0.4, -0.2) is 8.42 Å². The Morgan fingerprint density at radius 1 is 0.654 bits per heavy atom. The zero-order valence-electron chi connectivity index (χ0n) is 13.0. The number of benzene rings is 3. The van der Waals surface area contributed by atoms with Gasteiger partial charge in [0.15, 0.2) is 23.3 Å². The fourth-order valence-electron chi connectivity index (χ4n) is 2.61. The first-order valence-corrected chi connectivity index (χ1v) is 8.80. The molecule has 2 N–H and O–H groups in total.